The van der Waals surface area contributed by atoms with Gasteiger partial charge in [0.25, 0.3) is 0 Å². The molecule has 4 nitrogen and oxygen atoms in total. The van der Waals surface area contributed by atoms with E-state index >= 15 is 0 Å². The third kappa shape index (κ3) is 5.34. The standard InChI is InChI=1S/C26H29FNO3P/c1-29-21-16-23(30-2)26(31-18-19-9-5-3-6-10-19)25(17-21)32-24-12-11-20(27)15-22(24)28-13-7-4-8-14-28/h3,5-6,9-12,15-17,32H,4,7-8,13-14,18H2,1-2H3. The average Bonchev–Trinajstić information content (AvgIpc) is 2.85. The van der Waals surface area contributed by atoms with E-state index in [4.69, 9.17) is 14.2 Å². The topological polar surface area (TPSA) is 30.9 Å². The largest absolute Gasteiger partial charge is 0.497 e. The Morgan fingerprint density at radius 1 is 0.875 bits per heavy atom. The second-order valence-electron chi connectivity index (χ2n) is 7.81. The second kappa shape index (κ2) is 10.7. The van der Waals surface area contributed by atoms with Gasteiger partial charge in [-0.3, -0.25) is 0 Å². The Balaban J connectivity index is 1.69. The molecule has 1 atom stereocenters. The number of hydrogen-bond donors (Lipinski definition) is 0. The molecular formula is C26H29FNO3P. The predicted molar refractivity (Wildman–Crippen MR) is 130 cm³/mol. The lowest BCUT2D eigenvalue weighted by Gasteiger charge is -2.31. The number of hydrogen-bond acceptors (Lipinski definition) is 4. The number of ether oxygens (including phenoxy) is 3. The average molecular weight is 453 g/mol. The quantitative estimate of drug-likeness (QED) is 0.447. The molecule has 1 aliphatic heterocycles. The van der Waals surface area contributed by atoms with Crippen LogP contribution in [-0.4, -0.2) is 27.3 Å². The van der Waals surface area contributed by atoms with Crippen LogP contribution in [0.4, 0.5) is 10.1 Å². The molecule has 6 heteroatoms. The SMILES string of the molecule is COc1cc(OC)c(OCc2ccccc2)c(Pc2ccc(F)cc2N2CCCCC2)c1. The number of nitrogens with zero attached hydrogens (tertiary/aromatic N) is 1. The van der Waals surface area contributed by atoms with Gasteiger partial charge >= 0.3 is 0 Å². The first kappa shape index (κ1) is 22.4. The van der Waals surface area contributed by atoms with Crippen molar-refractivity contribution in [1.29, 1.82) is 0 Å². The summed E-state index contributed by atoms with van der Waals surface area (Å²) in [6, 6.07) is 19.0. The first-order valence-corrected chi connectivity index (χ1v) is 11.9. The molecule has 0 aliphatic carbocycles. The second-order valence-corrected chi connectivity index (χ2v) is 9.14. The van der Waals surface area contributed by atoms with Crippen LogP contribution in [0.1, 0.15) is 24.8 Å². The molecule has 1 saturated heterocycles. The summed E-state index contributed by atoms with van der Waals surface area (Å²) in [4.78, 5) is 2.30. The maximum Gasteiger partial charge on any atom is 0.169 e. The molecule has 1 unspecified atom stereocenters. The van der Waals surface area contributed by atoms with Crippen LogP contribution in [0.2, 0.25) is 0 Å². The highest BCUT2D eigenvalue weighted by molar-refractivity contribution is 7.56. The molecule has 1 heterocycles. The van der Waals surface area contributed by atoms with E-state index in [0.717, 1.165) is 47.8 Å². The van der Waals surface area contributed by atoms with E-state index in [1.54, 1.807) is 20.3 Å². The number of rotatable bonds is 8. The van der Waals surface area contributed by atoms with Gasteiger partial charge in [0.05, 0.1) is 14.2 Å². The predicted octanol–water partition coefficient (Wildman–Crippen LogP) is 5.04. The van der Waals surface area contributed by atoms with E-state index < -0.39 is 0 Å². The highest BCUT2D eigenvalue weighted by Gasteiger charge is 2.20. The van der Waals surface area contributed by atoms with Crippen molar-refractivity contribution >= 4 is 24.9 Å². The highest BCUT2D eigenvalue weighted by atomic mass is 31.1. The van der Waals surface area contributed by atoms with E-state index in [9.17, 15) is 4.39 Å². The third-order valence-electron chi connectivity index (χ3n) is 5.64. The number of piperidine rings is 1. The summed E-state index contributed by atoms with van der Waals surface area (Å²) in [5.41, 5.74) is 2.05. The van der Waals surface area contributed by atoms with E-state index in [1.165, 1.54) is 12.5 Å². The van der Waals surface area contributed by atoms with Crippen molar-refractivity contribution in [3.8, 4) is 17.2 Å². The van der Waals surface area contributed by atoms with Gasteiger partial charge in [0.2, 0.25) is 0 Å². The zero-order valence-corrected chi connectivity index (χ0v) is 19.6. The third-order valence-corrected chi connectivity index (χ3v) is 6.97. The molecule has 0 aromatic heterocycles. The Morgan fingerprint density at radius 3 is 2.38 bits per heavy atom. The number of benzene rings is 3. The van der Waals surface area contributed by atoms with Crippen LogP contribution in [0.5, 0.6) is 17.2 Å². The van der Waals surface area contributed by atoms with E-state index in [-0.39, 0.29) is 14.4 Å². The molecular weight excluding hydrogens is 424 g/mol. The Labute approximate surface area is 191 Å². The number of halogens is 1. The van der Waals surface area contributed by atoms with Crippen molar-refractivity contribution in [3.63, 3.8) is 0 Å². The highest BCUT2D eigenvalue weighted by Crippen LogP contribution is 2.36. The van der Waals surface area contributed by atoms with Crippen LogP contribution in [0.3, 0.4) is 0 Å². The lowest BCUT2D eigenvalue weighted by atomic mass is 10.1. The first-order chi connectivity index (χ1) is 15.7. The Morgan fingerprint density at radius 2 is 1.66 bits per heavy atom. The minimum absolute atomic E-state index is 0.206. The minimum Gasteiger partial charge on any atom is -0.497 e. The zero-order valence-electron chi connectivity index (χ0n) is 18.6. The van der Waals surface area contributed by atoms with Crippen LogP contribution in [0.15, 0.2) is 60.7 Å². The molecule has 0 spiro atoms. The lowest BCUT2D eigenvalue weighted by molar-refractivity contribution is 0.286. The van der Waals surface area contributed by atoms with Gasteiger partial charge < -0.3 is 19.1 Å². The summed E-state index contributed by atoms with van der Waals surface area (Å²) in [6.07, 6.45) is 3.50. The van der Waals surface area contributed by atoms with Crippen LogP contribution in [-0.2, 0) is 6.61 Å². The summed E-state index contributed by atoms with van der Waals surface area (Å²) in [5.74, 6) is 1.83. The van der Waals surface area contributed by atoms with Crippen molar-refractivity contribution in [2.75, 3.05) is 32.2 Å². The van der Waals surface area contributed by atoms with Gasteiger partial charge in [-0.15, -0.1) is 0 Å². The summed E-state index contributed by atoms with van der Waals surface area (Å²) >= 11 is 0. The number of methoxy groups -OCH3 is 2. The smallest absolute Gasteiger partial charge is 0.169 e. The fourth-order valence-corrected chi connectivity index (χ4v) is 5.31. The molecule has 3 aromatic carbocycles. The molecule has 32 heavy (non-hydrogen) atoms. The maximum absolute atomic E-state index is 14.2. The maximum atomic E-state index is 14.2. The molecule has 4 rings (SSSR count). The van der Waals surface area contributed by atoms with Crippen molar-refractivity contribution < 1.29 is 18.6 Å². The molecule has 0 radical (unpaired) electrons. The van der Waals surface area contributed by atoms with Crippen LogP contribution in [0.25, 0.3) is 0 Å². The Hall–Kier alpha value is -2.78. The van der Waals surface area contributed by atoms with Gasteiger partial charge in [-0.25, -0.2) is 4.39 Å². The van der Waals surface area contributed by atoms with Crippen molar-refractivity contribution in [2.24, 2.45) is 0 Å². The lowest BCUT2D eigenvalue weighted by Crippen LogP contribution is -2.32. The van der Waals surface area contributed by atoms with E-state index in [2.05, 4.69) is 4.90 Å². The van der Waals surface area contributed by atoms with Gasteiger partial charge in [0.15, 0.2) is 11.5 Å². The molecule has 0 amide bonds. The Kier molecular flexibility index (Phi) is 7.49. The van der Waals surface area contributed by atoms with Gasteiger partial charge in [-0.2, -0.15) is 0 Å². The van der Waals surface area contributed by atoms with E-state index in [0.29, 0.717) is 23.9 Å². The summed E-state index contributed by atoms with van der Waals surface area (Å²) in [6.45, 7) is 2.35. The molecule has 1 aliphatic rings. The molecule has 0 saturated carbocycles. The number of anilines is 1. The van der Waals surface area contributed by atoms with Crippen LogP contribution in [0, 0.1) is 5.82 Å². The monoisotopic (exact) mass is 453 g/mol. The van der Waals surface area contributed by atoms with Crippen molar-refractivity contribution in [1.82, 2.24) is 0 Å². The van der Waals surface area contributed by atoms with Crippen molar-refractivity contribution in [2.45, 2.75) is 25.9 Å². The Bertz CT molecular complexity index is 1040. The first-order valence-electron chi connectivity index (χ1n) is 10.9. The summed E-state index contributed by atoms with van der Waals surface area (Å²) in [5, 5.41) is 2.06. The fraction of sp³-hybridized carbons (Fsp3) is 0.308. The van der Waals surface area contributed by atoms with Crippen LogP contribution < -0.4 is 29.7 Å². The normalized spacial score (nSPS) is 14.0. The molecule has 168 valence electrons. The molecule has 3 aromatic rings. The molecule has 1 fully saturated rings. The molecule has 0 bridgehead atoms. The van der Waals surface area contributed by atoms with Gasteiger partial charge in [0.1, 0.15) is 18.2 Å². The fourth-order valence-electron chi connectivity index (χ4n) is 3.97. The van der Waals surface area contributed by atoms with Crippen molar-refractivity contribution in [3.05, 3.63) is 72.0 Å². The van der Waals surface area contributed by atoms with Gasteiger partial charge in [-0.05, 0) is 49.1 Å². The van der Waals surface area contributed by atoms with Gasteiger partial charge in [0, 0.05) is 35.5 Å². The summed E-state index contributed by atoms with van der Waals surface area (Å²) < 4.78 is 31.6. The van der Waals surface area contributed by atoms with Gasteiger partial charge in [-0.1, -0.05) is 38.9 Å². The van der Waals surface area contributed by atoms with Crippen LogP contribution >= 0.6 is 8.58 Å². The zero-order chi connectivity index (χ0) is 22.3. The molecule has 0 N–H and O–H groups in total. The minimum atomic E-state index is -0.206. The summed E-state index contributed by atoms with van der Waals surface area (Å²) in [7, 11) is 3.54. The van der Waals surface area contributed by atoms with E-state index in [1.807, 2.05) is 48.5 Å².